The molecule has 0 spiro atoms. The minimum Gasteiger partial charge on any atom is -0.473 e. The lowest BCUT2D eigenvalue weighted by Gasteiger charge is -2.17. The van der Waals surface area contributed by atoms with Crippen molar-refractivity contribution in [3.05, 3.63) is 18.3 Å². The minimum absolute atomic E-state index is 0.0600. The van der Waals surface area contributed by atoms with Gasteiger partial charge in [-0.2, -0.15) is 0 Å². The summed E-state index contributed by atoms with van der Waals surface area (Å²) in [5.74, 6) is 1.03. The molecule has 0 bridgehead atoms. The van der Waals surface area contributed by atoms with Crippen LogP contribution in [0.5, 0.6) is 5.88 Å². The molecule has 1 heterocycles. The lowest BCUT2D eigenvalue weighted by molar-refractivity contribution is 0.0317. The zero-order valence-electron chi connectivity index (χ0n) is 12.8. The van der Waals surface area contributed by atoms with E-state index in [1.165, 1.54) is 0 Å². The SMILES string of the molecule is CC(C)COCC(O)CNc1cccnc1OC(C)C. The Bertz CT molecular complexity index is 383. The molecule has 20 heavy (non-hydrogen) atoms. The van der Waals surface area contributed by atoms with Crippen LogP contribution in [0.4, 0.5) is 5.69 Å². The highest BCUT2D eigenvalue weighted by Gasteiger charge is 2.09. The quantitative estimate of drug-likeness (QED) is 0.727. The zero-order chi connectivity index (χ0) is 15.0. The molecule has 1 unspecified atom stereocenters. The van der Waals surface area contributed by atoms with Gasteiger partial charge in [0.1, 0.15) is 0 Å². The van der Waals surface area contributed by atoms with Crippen LogP contribution in [-0.2, 0) is 4.74 Å². The lowest BCUT2D eigenvalue weighted by Crippen LogP contribution is -2.26. The molecule has 0 fully saturated rings. The fourth-order valence-electron chi connectivity index (χ4n) is 1.57. The summed E-state index contributed by atoms with van der Waals surface area (Å²) in [5, 5.41) is 13.0. The van der Waals surface area contributed by atoms with Crippen molar-refractivity contribution in [2.45, 2.75) is 39.9 Å². The number of nitrogens with zero attached hydrogens (tertiary/aromatic N) is 1. The van der Waals surface area contributed by atoms with Gasteiger partial charge in [-0.05, 0) is 31.9 Å². The zero-order valence-corrected chi connectivity index (χ0v) is 12.8. The molecular weight excluding hydrogens is 256 g/mol. The topological polar surface area (TPSA) is 63.6 Å². The summed E-state index contributed by atoms with van der Waals surface area (Å²) in [5.41, 5.74) is 0.782. The fourth-order valence-corrected chi connectivity index (χ4v) is 1.57. The van der Waals surface area contributed by atoms with Crippen LogP contribution in [-0.4, -0.2) is 42.1 Å². The highest BCUT2D eigenvalue weighted by atomic mass is 16.5. The van der Waals surface area contributed by atoms with E-state index in [4.69, 9.17) is 9.47 Å². The predicted molar refractivity (Wildman–Crippen MR) is 80.2 cm³/mol. The molecule has 0 aromatic carbocycles. The van der Waals surface area contributed by atoms with Gasteiger partial charge in [0.05, 0.1) is 24.5 Å². The Hall–Kier alpha value is -1.33. The molecule has 1 atom stereocenters. The second-order valence-electron chi connectivity index (χ2n) is 5.49. The van der Waals surface area contributed by atoms with Crippen LogP contribution in [0.15, 0.2) is 18.3 Å². The first-order valence-electron chi connectivity index (χ1n) is 7.10. The number of aliphatic hydroxyl groups excluding tert-OH is 1. The van der Waals surface area contributed by atoms with Gasteiger partial charge in [-0.3, -0.25) is 0 Å². The van der Waals surface area contributed by atoms with Crippen molar-refractivity contribution in [3.8, 4) is 5.88 Å². The molecule has 0 saturated heterocycles. The second-order valence-corrected chi connectivity index (χ2v) is 5.49. The summed E-state index contributed by atoms with van der Waals surface area (Å²) < 4.78 is 11.0. The summed E-state index contributed by atoms with van der Waals surface area (Å²) >= 11 is 0. The van der Waals surface area contributed by atoms with Crippen LogP contribution in [0.3, 0.4) is 0 Å². The third-order valence-corrected chi connectivity index (χ3v) is 2.41. The first-order chi connectivity index (χ1) is 9.49. The molecule has 0 saturated carbocycles. The van der Waals surface area contributed by atoms with Crippen molar-refractivity contribution in [1.29, 1.82) is 0 Å². The molecule has 1 aromatic heterocycles. The number of anilines is 1. The van der Waals surface area contributed by atoms with Crippen LogP contribution < -0.4 is 10.1 Å². The molecule has 0 amide bonds. The van der Waals surface area contributed by atoms with E-state index in [0.29, 0.717) is 31.6 Å². The van der Waals surface area contributed by atoms with Gasteiger partial charge >= 0.3 is 0 Å². The molecule has 0 radical (unpaired) electrons. The predicted octanol–water partition coefficient (Wildman–Crippen LogP) is 2.31. The molecule has 0 aliphatic rings. The van der Waals surface area contributed by atoms with Crippen molar-refractivity contribution in [2.24, 2.45) is 5.92 Å². The molecule has 0 aliphatic heterocycles. The van der Waals surface area contributed by atoms with Crippen molar-refractivity contribution in [3.63, 3.8) is 0 Å². The largest absolute Gasteiger partial charge is 0.473 e. The normalized spacial score (nSPS) is 12.8. The maximum absolute atomic E-state index is 9.85. The van der Waals surface area contributed by atoms with Crippen LogP contribution in [0.1, 0.15) is 27.7 Å². The van der Waals surface area contributed by atoms with Crippen molar-refractivity contribution < 1.29 is 14.6 Å². The Kier molecular flexibility index (Phi) is 7.33. The number of nitrogens with one attached hydrogen (secondary N) is 1. The average Bonchev–Trinajstić information content (AvgIpc) is 2.36. The fraction of sp³-hybridized carbons (Fsp3) is 0.667. The summed E-state index contributed by atoms with van der Waals surface area (Å²) in [6.07, 6.45) is 1.19. The summed E-state index contributed by atoms with van der Waals surface area (Å²) in [6.45, 7) is 9.45. The Balaban J connectivity index is 2.40. The van der Waals surface area contributed by atoms with Crippen molar-refractivity contribution in [1.82, 2.24) is 4.98 Å². The molecule has 114 valence electrons. The van der Waals surface area contributed by atoms with E-state index in [1.807, 2.05) is 26.0 Å². The molecule has 2 N–H and O–H groups in total. The molecule has 1 rings (SSSR count). The number of aliphatic hydroxyl groups is 1. The van der Waals surface area contributed by atoms with Gasteiger partial charge in [-0.15, -0.1) is 0 Å². The van der Waals surface area contributed by atoms with E-state index in [9.17, 15) is 5.11 Å². The summed E-state index contributed by atoms with van der Waals surface area (Å²) in [4.78, 5) is 4.18. The third-order valence-electron chi connectivity index (χ3n) is 2.41. The number of hydrogen-bond acceptors (Lipinski definition) is 5. The van der Waals surface area contributed by atoms with E-state index in [1.54, 1.807) is 6.20 Å². The highest BCUT2D eigenvalue weighted by Crippen LogP contribution is 2.21. The maximum Gasteiger partial charge on any atom is 0.237 e. The highest BCUT2D eigenvalue weighted by molar-refractivity contribution is 5.52. The second kappa shape index (κ2) is 8.76. The lowest BCUT2D eigenvalue weighted by atomic mass is 10.2. The van der Waals surface area contributed by atoms with Crippen molar-refractivity contribution >= 4 is 5.69 Å². The van der Waals surface area contributed by atoms with Crippen LogP contribution in [0.25, 0.3) is 0 Å². The van der Waals surface area contributed by atoms with Gasteiger partial charge in [-0.1, -0.05) is 13.8 Å². The van der Waals surface area contributed by atoms with Crippen LogP contribution in [0, 0.1) is 5.92 Å². The smallest absolute Gasteiger partial charge is 0.237 e. The van der Waals surface area contributed by atoms with E-state index in [0.717, 1.165) is 5.69 Å². The van der Waals surface area contributed by atoms with Crippen LogP contribution >= 0.6 is 0 Å². The van der Waals surface area contributed by atoms with Gasteiger partial charge in [0.25, 0.3) is 0 Å². The average molecular weight is 282 g/mol. The Morgan fingerprint density at radius 3 is 2.65 bits per heavy atom. The van der Waals surface area contributed by atoms with E-state index in [-0.39, 0.29) is 6.10 Å². The number of hydrogen-bond donors (Lipinski definition) is 2. The summed E-state index contributed by atoms with van der Waals surface area (Å²) in [6, 6.07) is 3.71. The Labute approximate surface area is 121 Å². The standard InChI is InChI=1S/C15H26N2O3/c1-11(2)9-19-10-13(18)8-17-14-6-5-7-16-15(14)20-12(3)4/h5-7,11-13,17-18H,8-10H2,1-4H3. The minimum atomic E-state index is -0.555. The molecule has 0 aliphatic carbocycles. The van der Waals surface area contributed by atoms with E-state index < -0.39 is 6.10 Å². The molecule has 1 aromatic rings. The Morgan fingerprint density at radius 1 is 1.25 bits per heavy atom. The first kappa shape index (κ1) is 16.7. The van der Waals surface area contributed by atoms with Crippen LogP contribution in [0.2, 0.25) is 0 Å². The van der Waals surface area contributed by atoms with Gasteiger partial charge in [0.15, 0.2) is 0 Å². The van der Waals surface area contributed by atoms with Gasteiger partial charge in [0.2, 0.25) is 5.88 Å². The molecular formula is C15H26N2O3. The van der Waals surface area contributed by atoms with Gasteiger partial charge < -0.3 is 19.9 Å². The van der Waals surface area contributed by atoms with Gasteiger partial charge in [0, 0.05) is 19.3 Å². The van der Waals surface area contributed by atoms with E-state index in [2.05, 4.69) is 24.1 Å². The maximum atomic E-state index is 9.85. The van der Waals surface area contributed by atoms with Gasteiger partial charge in [-0.25, -0.2) is 4.98 Å². The number of aromatic nitrogens is 1. The number of ether oxygens (including phenoxy) is 2. The van der Waals surface area contributed by atoms with Crippen molar-refractivity contribution in [2.75, 3.05) is 25.1 Å². The van der Waals surface area contributed by atoms with E-state index >= 15 is 0 Å². The third kappa shape index (κ3) is 6.73. The summed E-state index contributed by atoms with van der Waals surface area (Å²) in [7, 11) is 0. The molecule has 5 heteroatoms. The number of pyridine rings is 1. The first-order valence-corrected chi connectivity index (χ1v) is 7.10. The number of rotatable bonds is 9. The molecule has 5 nitrogen and oxygen atoms in total. The Morgan fingerprint density at radius 2 is 2.00 bits per heavy atom. The monoisotopic (exact) mass is 282 g/mol.